The number of carbonyl (C=O) groups is 2. The second kappa shape index (κ2) is 10.9. The van der Waals surface area contributed by atoms with Gasteiger partial charge in [-0.15, -0.1) is 0 Å². The van der Waals surface area contributed by atoms with Gasteiger partial charge in [0.1, 0.15) is 12.4 Å². The Balaban J connectivity index is 1.84. The smallest absolute Gasteiger partial charge is 0.243 e. The Morgan fingerprint density at radius 2 is 1.79 bits per heavy atom. The molecule has 0 aromatic heterocycles. The zero-order valence-electron chi connectivity index (χ0n) is 17.3. The largest absolute Gasteiger partial charge is 0.489 e. The number of rotatable bonds is 10. The first-order valence-corrected chi connectivity index (χ1v) is 9.53. The van der Waals surface area contributed by atoms with Gasteiger partial charge in [-0.25, -0.2) is 0 Å². The van der Waals surface area contributed by atoms with Crippen LogP contribution in [0.15, 0.2) is 60.7 Å². The summed E-state index contributed by atoms with van der Waals surface area (Å²) in [7, 11) is 3.50. The molecule has 0 heterocycles. The molecule has 0 unspecified atom stereocenters. The van der Waals surface area contributed by atoms with E-state index in [1.807, 2.05) is 49.4 Å². The number of hydrogen-bond donors (Lipinski definition) is 2. The first-order chi connectivity index (χ1) is 13.8. The van der Waals surface area contributed by atoms with Gasteiger partial charge in [0.15, 0.2) is 0 Å². The van der Waals surface area contributed by atoms with E-state index >= 15 is 0 Å². The molecule has 2 N–H and O–H groups in total. The van der Waals surface area contributed by atoms with E-state index in [9.17, 15) is 9.59 Å². The maximum Gasteiger partial charge on any atom is 0.243 e. The van der Waals surface area contributed by atoms with E-state index in [1.165, 1.54) is 0 Å². The van der Waals surface area contributed by atoms with Crippen LogP contribution in [-0.2, 0) is 16.0 Å². The molecule has 0 atom stereocenters. The third-order valence-electron chi connectivity index (χ3n) is 4.11. The number of nitrogens with zero attached hydrogens (tertiary/aromatic N) is 1. The van der Waals surface area contributed by atoms with Gasteiger partial charge in [0.05, 0.1) is 6.54 Å². The molecule has 0 spiro atoms. The third-order valence-corrected chi connectivity index (χ3v) is 4.11. The molecule has 0 aliphatic heterocycles. The van der Waals surface area contributed by atoms with E-state index in [1.54, 1.807) is 25.1 Å². The maximum atomic E-state index is 12.3. The standard InChI is InChI=1S/C23H29N3O3/c1-17(2)16-29-21-10-6-9-20(14-21)25-22(27)15-24-19-8-5-7-18(13-19)11-12-23(28)26(3)4/h5-10,13-14,24H,1,11-12,15-16H2,2-4H3,(H,25,27). The van der Waals surface area contributed by atoms with Crippen LogP contribution in [0, 0.1) is 0 Å². The average molecular weight is 396 g/mol. The molecule has 6 nitrogen and oxygen atoms in total. The minimum Gasteiger partial charge on any atom is -0.489 e. The van der Waals surface area contributed by atoms with Gasteiger partial charge in [0, 0.05) is 38.0 Å². The van der Waals surface area contributed by atoms with E-state index in [0.29, 0.717) is 30.9 Å². The number of nitrogens with one attached hydrogen (secondary N) is 2. The molecular formula is C23H29N3O3. The fourth-order valence-corrected chi connectivity index (χ4v) is 2.57. The highest BCUT2D eigenvalue weighted by Gasteiger charge is 2.06. The van der Waals surface area contributed by atoms with Gasteiger partial charge in [-0.3, -0.25) is 9.59 Å². The highest BCUT2D eigenvalue weighted by atomic mass is 16.5. The Hall–Kier alpha value is -3.28. The summed E-state index contributed by atoms with van der Waals surface area (Å²) in [6.07, 6.45) is 1.12. The van der Waals surface area contributed by atoms with Crippen molar-refractivity contribution < 1.29 is 14.3 Å². The molecule has 0 bridgehead atoms. The summed E-state index contributed by atoms with van der Waals surface area (Å²) in [5.74, 6) is 0.617. The van der Waals surface area contributed by atoms with Crippen LogP contribution in [0.1, 0.15) is 18.9 Å². The highest BCUT2D eigenvalue weighted by molar-refractivity contribution is 5.93. The van der Waals surface area contributed by atoms with Crippen LogP contribution < -0.4 is 15.4 Å². The molecule has 6 heteroatoms. The van der Waals surface area contributed by atoms with Crippen molar-refractivity contribution in [2.45, 2.75) is 19.8 Å². The second-order valence-corrected chi connectivity index (χ2v) is 7.16. The summed E-state index contributed by atoms with van der Waals surface area (Å²) in [5.41, 5.74) is 3.49. The lowest BCUT2D eigenvalue weighted by Crippen LogP contribution is -2.22. The number of ether oxygens (including phenoxy) is 1. The number of amides is 2. The number of anilines is 2. The summed E-state index contributed by atoms with van der Waals surface area (Å²) >= 11 is 0. The topological polar surface area (TPSA) is 70.7 Å². The van der Waals surface area contributed by atoms with Gasteiger partial charge in [0.2, 0.25) is 11.8 Å². The van der Waals surface area contributed by atoms with Gasteiger partial charge in [-0.2, -0.15) is 0 Å². The fourth-order valence-electron chi connectivity index (χ4n) is 2.57. The molecule has 2 aromatic rings. The average Bonchev–Trinajstić information content (AvgIpc) is 2.69. The van der Waals surface area contributed by atoms with Crippen LogP contribution in [0.5, 0.6) is 5.75 Å². The van der Waals surface area contributed by atoms with Crippen LogP contribution in [0.3, 0.4) is 0 Å². The van der Waals surface area contributed by atoms with Crippen LogP contribution in [0.2, 0.25) is 0 Å². The van der Waals surface area contributed by atoms with Crippen molar-refractivity contribution >= 4 is 23.2 Å². The molecule has 0 fully saturated rings. The van der Waals surface area contributed by atoms with Crippen molar-refractivity contribution in [3.8, 4) is 5.75 Å². The van der Waals surface area contributed by atoms with E-state index in [2.05, 4.69) is 17.2 Å². The summed E-state index contributed by atoms with van der Waals surface area (Å²) < 4.78 is 5.59. The SMILES string of the molecule is C=C(C)COc1cccc(NC(=O)CNc2cccc(CCC(=O)N(C)C)c2)c1. The molecule has 0 saturated carbocycles. The molecular weight excluding hydrogens is 366 g/mol. The second-order valence-electron chi connectivity index (χ2n) is 7.16. The highest BCUT2D eigenvalue weighted by Crippen LogP contribution is 2.18. The van der Waals surface area contributed by atoms with Crippen LogP contribution in [-0.4, -0.2) is 44.0 Å². The molecule has 2 aromatic carbocycles. The van der Waals surface area contributed by atoms with E-state index in [-0.39, 0.29) is 18.4 Å². The lowest BCUT2D eigenvalue weighted by atomic mass is 10.1. The number of carbonyl (C=O) groups excluding carboxylic acids is 2. The quantitative estimate of drug-likeness (QED) is 0.602. The number of aryl methyl sites for hydroxylation is 1. The van der Waals surface area contributed by atoms with Crippen LogP contribution >= 0.6 is 0 Å². The Morgan fingerprint density at radius 1 is 1.07 bits per heavy atom. The van der Waals surface area contributed by atoms with Crippen LogP contribution in [0.4, 0.5) is 11.4 Å². The van der Waals surface area contributed by atoms with Gasteiger partial charge in [-0.1, -0.05) is 24.8 Å². The maximum absolute atomic E-state index is 12.3. The molecule has 0 aliphatic carbocycles. The van der Waals surface area contributed by atoms with E-state index < -0.39 is 0 Å². The van der Waals surface area contributed by atoms with Crippen molar-refractivity contribution in [1.82, 2.24) is 4.90 Å². The van der Waals surface area contributed by atoms with Gasteiger partial charge >= 0.3 is 0 Å². The van der Waals surface area contributed by atoms with Gasteiger partial charge in [0.25, 0.3) is 0 Å². The summed E-state index contributed by atoms with van der Waals surface area (Å²) in [6, 6.07) is 15.0. The monoisotopic (exact) mass is 395 g/mol. The van der Waals surface area contributed by atoms with Crippen molar-refractivity contribution in [1.29, 1.82) is 0 Å². The lowest BCUT2D eigenvalue weighted by molar-refractivity contribution is -0.128. The number of hydrogen-bond acceptors (Lipinski definition) is 4. The number of benzene rings is 2. The van der Waals surface area contributed by atoms with Crippen LogP contribution in [0.25, 0.3) is 0 Å². The fraction of sp³-hybridized carbons (Fsp3) is 0.304. The molecule has 29 heavy (non-hydrogen) atoms. The molecule has 2 rings (SSSR count). The molecule has 0 radical (unpaired) electrons. The Labute approximate surface area is 172 Å². The Kier molecular flexibility index (Phi) is 8.27. The molecule has 154 valence electrons. The van der Waals surface area contributed by atoms with Crippen molar-refractivity contribution in [2.24, 2.45) is 0 Å². The zero-order valence-corrected chi connectivity index (χ0v) is 17.3. The van der Waals surface area contributed by atoms with Gasteiger partial charge in [-0.05, 0) is 48.7 Å². The summed E-state index contributed by atoms with van der Waals surface area (Å²) in [4.78, 5) is 25.6. The van der Waals surface area contributed by atoms with Crippen molar-refractivity contribution in [3.63, 3.8) is 0 Å². The minimum absolute atomic E-state index is 0.0946. The molecule has 2 amide bonds. The first-order valence-electron chi connectivity index (χ1n) is 9.53. The predicted octanol–water partition coefficient (Wildman–Crippen LogP) is 3.71. The summed E-state index contributed by atoms with van der Waals surface area (Å²) in [6.45, 7) is 6.28. The third kappa shape index (κ3) is 8.09. The van der Waals surface area contributed by atoms with Gasteiger partial charge < -0.3 is 20.3 Å². The molecule has 0 aliphatic rings. The predicted molar refractivity (Wildman–Crippen MR) is 117 cm³/mol. The first kappa shape index (κ1) is 22.0. The van der Waals surface area contributed by atoms with Crippen molar-refractivity contribution in [3.05, 3.63) is 66.2 Å². The molecule has 0 saturated heterocycles. The minimum atomic E-state index is -0.157. The van der Waals surface area contributed by atoms with Crippen molar-refractivity contribution in [2.75, 3.05) is 37.9 Å². The summed E-state index contributed by atoms with van der Waals surface area (Å²) in [5, 5.41) is 5.97. The lowest BCUT2D eigenvalue weighted by Gasteiger charge is -2.12. The Bertz CT molecular complexity index is 862. The van der Waals surface area contributed by atoms with E-state index in [4.69, 9.17) is 4.74 Å². The normalized spacial score (nSPS) is 10.2. The Morgan fingerprint density at radius 3 is 2.52 bits per heavy atom. The zero-order chi connectivity index (χ0) is 21.2. The van der Waals surface area contributed by atoms with E-state index in [0.717, 1.165) is 16.8 Å².